The summed E-state index contributed by atoms with van der Waals surface area (Å²) in [5, 5.41) is 14.1. The molecule has 0 bridgehead atoms. The van der Waals surface area contributed by atoms with Gasteiger partial charge in [0.05, 0.1) is 11.6 Å². The number of methoxy groups -OCH3 is 1. The summed E-state index contributed by atoms with van der Waals surface area (Å²) < 4.78 is 4.88. The minimum absolute atomic E-state index is 0.199. The van der Waals surface area contributed by atoms with Crippen molar-refractivity contribution >= 4 is 6.03 Å². The summed E-state index contributed by atoms with van der Waals surface area (Å²) in [7, 11) is 1.63. The van der Waals surface area contributed by atoms with Crippen molar-refractivity contribution in [1.82, 2.24) is 10.6 Å². The summed E-state index contributed by atoms with van der Waals surface area (Å²) >= 11 is 0. The number of nitrogens with zero attached hydrogens (tertiary/aromatic N) is 1. The van der Waals surface area contributed by atoms with Gasteiger partial charge in [0.2, 0.25) is 0 Å². The van der Waals surface area contributed by atoms with E-state index in [1.807, 2.05) is 18.2 Å². The van der Waals surface area contributed by atoms with Crippen molar-refractivity contribution in [3.63, 3.8) is 0 Å². The summed E-state index contributed by atoms with van der Waals surface area (Å²) in [5.41, 5.74) is 1.57. The number of benzene rings is 1. The second kappa shape index (κ2) is 8.09. The van der Waals surface area contributed by atoms with Gasteiger partial charge in [-0.2, -0.15) is 5.26 Å². The Kier molecular flexibility index (Phi) is 6.30. The monoisotopic (exact) mass is 247 g/mol. The fourth-order valence-corrected chi connectivity index (χ4v) is 1.36. The largest absolute Gasteiger partial charge is 0.385 e. The molecule has 0 saturated carbocycles. The van der Waals surface area contributed by atoms with Gasteiger partial charge in [0.25, 0.3) is 0 Å². The van der Waals surface area contributed by atoms with Crippen molar-refractivity contribution in [2.24, 2.45) is 0 Å². The molecule has 0 unspecified atom stereocenters. The fourth-order valence-electron chi connectivity index (χ4n) is 1.36. The highest BCUT2D eigenvalue weighted by Gasteiger charge is 1.99. The second-order valence-corrected chi connectivity index (χ2v) is 3.76. The predicted octanol–water partition coefficient (Wildman–Crippen LogP) is 1.39. The minimum atomic E-state index is -0.199. The fraction of sp³-hybridized carbons (Fsp3) is 0.385. The molecule has 1 rings (SSSR count). The maximum atomic E-state index is 11.4. The van der Waals surface area contributed by atoms with Crippen LogP contribution >= 0.6 is 0 Å². The van der Waals surface area contributed by atoms with Gasteiger partial charge in [0.1, 0.15) is 0 Å². The van der Waals surface area contributed by atoms with Crippen molar-refractivity contribution in [3.8, 4) is 6.07 Å². The molecule has 0 saturated heterocycles. The molecule has 0 aliphatic heterocycles. The highest BCUT2D eigenvalue weighted by Crippen LogP contribution is 2.02. The zero-order chi connectivity index (χ0) is 13.2. The Morgan fingerprint density at radius 1 is 1.33 bits per heavy atom. The number of rotatable bonds is 6. The van der Waals surface area contributed by atoms with Gasteiger partial charge in [-0.3, -0.25) is 0 Å². The van der Waals surface area contributed by atoms with Gasteiger partial charge in [0.15, 0.2) is 0 Å². The summed E-state index contributed by atoms with van der Waals surface area (Å²) in [5.74, 6) is 0. The summed E-state index contributed by atoms with van der Waals surface area (Å²) in [6.45, 7) is 1.67. The Bertz CT molecular complexity index is 409. The van der Waals surface area contributed by atoms with E-state index in [0.717, 1.165) is 12.0 Å². The molecule has 0 heterocycles. The highest BCUT2D eigenvalue weighted by atomic mass is 16.5. The average Bonchev–Trinajstić information content (AvgIpc) is 2.42. The third kappa shape index (κ3) is 5.32. The van der Waals surface area contributed by atoms with Crippen LogP contribution in [0.5, 0.6) is 0 Å². The molecule has 2 N–H and O–H groups in total. The molecule has 0 aliphatic rings. The van der Waals surface area contributed by atoms with E-state index in [9.17, 15) is 4.79 Å². The third-order valence-corrected chi connectivity index (χ3v) is 2.35. The van der Waals surface area contributed by atoms with Crippen LogP contribution in [-0.2, 0) is 11.3 Å². The topological polar surface area (TPSA) is 74.2 Å². The summed E-state index contributed by atoms with van der Waals surface area (Å²) in [6, 6.07) is 8.95. The SMILES string of the molecule is COCCCNC(=O)NCc1ccc(C#N)cc1. The van der Waals surface area contributed by atoms with Crippen LogP contribution in [0.1, 0.15) is 17.5 Å². The van der Waals surface area contributed by atoms with E-state index in [1.165, 1.54) is 0 Å². The number of amides is 2. The molecule has 2 amide bonds. The molecule has 0 aliphatic carbocycles. The molecule has 5 nitrogen and oxygen atoms in total. The third-order valence-electron chi connectivity index (χ3n) is 2.35. The standard InChI is InChI=1S/C13H17N3O2/c1-18-8-2-7-15-13(17)16-10-12-5-3-11(9-14)4-6-12/h3-6H,2,7-8,10H2,1H3,(H2,15,16,17). The average molecular weight is 247 g/mol. The first-order chi connectivity index (χ1) is 8.76. The van der Waals surface area contributed by atoms with Crippen LogP contribution in [0.3, 0.4) is 0 Å². The van der Waals surface area contributed by atoms with Crippen LogP contribution in [-0.4, -0.2) is 26.3 Å². The lowest BCUT2D eigenvalue weighted by molar-refractivity contribution is 0.193. The molecular weight excluding hydrogens is 230 g/mol. The van der Waals surface area contributed by atoms with E-state index >= 15 is 0 Å². The number of carbonyl (C=O) groups is 1. The molecular formula is C13H17N3O2. The second-order valence-electron chi connectivity index (χ2n) is 3.76. The normalized spacial score (nSPS) is 9.56. The lowest BCUT2D eigenvalue weighted by Gasteiger charge is -2.07. The van der Waals surface area contributed by atoms with Gasteiger partial charge in [0, 0.05) is 26.8 Å². The smallest absolute Gasteiger partial charge is 0.315 e. The Labute approximate surface area is 107 Å². The quantitative estimate of drug-likeness (QED) is 0.746. The zero-order valence-corrected chi connectivity index (χ0v) is 10.4. The maximum Gasteiger partial charge on any atom is 0.315 e. The molecule has 5 heteroatoms. The molecule has 96 valence electrons. The van der Waals surface area contributed by atoms with Crippen LogP contribution in [0.4, 0.5) is 4.79 Å². The molecule has 0 atom stereocenters. The first kappa shape index (κ1) is 14.0. The van der Waals surface area contributed by atoms with Gasteiger partial charge in [-0.25, -0.2) is 4.79 Å². The van der Waals surface area contributed by atoms with Crippen LogP contribution in [0, 0.1) is 11.3 Å². The van der Waals surface area contributed by atoms with Gasteiger partial charge in [-0.15, -0.1) is 0 Å². The van der Waals surface area contributed by atoms with E-state index in [-0.39, 0.29) is 6.03 Å². The number of hydrogen-bond acceptors (Lipinski definition) is 3. The van der Waals surface area contributed by atoms with Crippen LogP contribution in [0.15, 0.2) is 24.3 Å². The molecule has 0 aromatic heterocycles. The molecule has 0 radical (unpaired) electrons. The minimum Gasteiger partial charge on any atom is -0.385 e. The lowest BCUT2D eigenvalue weighted by Crippen LogP contribution is -2.35. The number of ether oxygens (including phenoxy) is 1. The van der Waals surface area contributed by atoms with E-state index in [1.54, 1.807) is 19.2 Å². The van der Waals surface area contributed by atoms with E-state index in [2.05, 4.69) is 10.6 Å². The van der Waals surface area contributed by atoms with E-state index < -0.39 is 0 Å². The van der Waals surface area contributed by atoms with Gasteiger partial charge in [-0.05, 0) is 24.1 Å². The van der Waals surface area contributed by atoms with Crippen LogP contribution < -0.4 is 10.6 Å². The Balaban J connectivity index is 2.23. The molecule has 0 spiro atoms. The molecule has 0 fully saturated rings. The van der Waals surface area contributed by atoms with Crippen molar-refractivity contribution in [3.05, 3.63) is 35.4 Å². The van der Waals surface area contributed by atoms with Gasteiger partial charge >= 0.3 is 6.03 Å². The van der Waals surface area contributed by atoms with E-state index in [0.29, 0.717) is 25.3 Å². The van der Waals surface area contributed by atoms with Crippen molar-refractivity contribution in [2.45, 2.75) is 13.0 Å². The number of nitriles is 1. The van der Waals surface area contributed by atoms with Crippen molar-refractivity contribution in [1.29, 1.82) is 5.26 Å². The predicted molar refractivity (Wildman–Crippen MR) is 67.9 cm³/mol. The lowest BCUT2D eigenvalue weighted by atomic mass is 10.1. The van der Waals surface area contributed by atoms with Crippen LogP contribution in [0.25, 0.3) is 0 Å². The maximum absolute atomic E-state index is 11.4. The molecule has 1 aromatic carbocycles. The summed E-state index contributed by atoms with van der Waals surface area (Å²) in [4.78, 5) is 11.4. The first-order valence-electron chi connectivity index (χ1n) is 5.76. The number of nitrogens with one attached hydrogen (secondary N) is 2. The summed E-state index contributed by atoms with van der Waals surface area (Å²) in [6.07, 6.45) is 0.792. The number of hydrogen-bond donors (Lipinski definition) is 2. The van der Waals surface area contributed by atoms with Crippen molar-refractivity contribution in [2.75, 3.05) is 20.3 Å². The van der Waals surface area contributed by atoms with Crippen LogP contribution in [0.2, 0.25) is 0 Å². The Morgan fingerprint density at radius 2 is 2.06 bits per heavy atom. The number of carbonyl (C=O) groups excluding carboxylic acids is 1. The Morgan fingerprint density at radius 3 is 2.67 bits per heavy atom. The van der Waals surface area contributed by atoms with Gasteiger partial charge < -0.3 is 15.4 Å². The number of urea groups is 1. The van der Waals surface area contributed by atoms with Gasteiger partial charge in [-0.1, -0.05) is 12.1 Å². The van der Waals surface area contributed by atoms with E-state index in [4.69, 9.17) is 10.00 Å². The highest BCUT2D eigenvalue weighted by molar-refractivity contribution is 5.73. The van der Waals surface area contributed by atoms with Crippen molar-refractivity contribution < 1.29 is 9.53 Å². The molecule has 18 heavy (non-hydrogen) atoms. The first-order valence-corrected chi connectivity index (χ1v) is 5.76. The zero-order valence-electron chi connectivity index (χ0n) is 10.4. The Hall–Kier alpha value is -2.06. The molecule has 1 aromatic rings.